The average molecular weight is 448 g/mol. The molecule has 170 valence electrons. The summed E-state index contributed by atoms with van der Waals surface area (Å²) in [4.78, 5) is 10.7. The quantitative estimate of drug-likeness (QED) is 0.451. The zero-order chi connectivity index (χ0) is 22.0. The first-order valence-corrected chi connectivity index (χ1v) is 11.4. The second-order valence-corrected chi connectivity index (χ2v) is 9.04. The molecule has 2 aliphatic carbocycles. The van der Waals surface area contributed by atoms with E-state index in [-0.39, 0.29) is 6.54 Å². The van der Waals surface area contributed by atoms with E-state index in [1.54, 1.807) is 0 Å². The van der Waals surface area contributed by atoms with Crippen LogP contribution in [0.2, 0.25) is 5.02 Å². The number of carboxylic acid groups (broad SMARTS) is 1. The fourth-order valence-corrected chi connectivity index (χ4v) is 4.64. The minimum absolute atomic E-state index is 0.0694. The monoisotopic (exact) mass is 447 g/mol. The highest BCUT2D eigenvalue weighted by molar-refractivity contribution is 6.30. The van der Waals surface area contributed by atoms with E-state index >= 15 is 0 Å². The molecule has 2 N–H and O–H groups in total. The third-order valence-electron chi connectivity index (χ3n) is 6.08. The number of benzene rings is 1. The summed E-state index contributed by atoms with van der Waals surface area (Å²) in [7, 11) is 0. The van der Waals surface area contributed by atoms with Crippen molar-refractivity contribution in [2.45, 2.75) is 76.3 Å². The summed E-state index contributed by atoms with van der Waals surface area (Å²) >= 11 is 5.87. The number of alkyl halides is 3. The van der Waals surface area contributed by atoms with Crippen LogP contribution >= 0.6 is 11.6 Å². The maximum Gasteiger partial charge on any atom is 0.390 e. The molecule has 2 saturated carbocycles. The first kappa shape index (κ1) is 25.0. The van der Waals surface area contributed by atoms with Gasteiger partial charge < -0.3 is 10.4 Å². The zero-order valence-corrected chi connectivity index (χ0v) is 18.1. The Morgan fingerprint density at radius 2 is 1.67 bits per heavy atom. The maximum absolute atomic E-state index is 11.7. The van der Waals surface area contributed by atoms with Crippen LogP contribution in [0, 0.1) is 11.8 Å². The lowest BCUT2D eigenvalue weighted by atomic mass is 9.77. The van der Waals surface area contributed by atoms with Crippen molar-refractivity contribution in [2.75, 3.05) is 13.1 Å². The minimum atomic E-state index is -4.01. The normalized spacial score (nSPS) is 22.4. The minimum Gasteiger partial charge on any atom is -0.481 e. The highest BCUT2D eigenvalue weighted by atomic mass is 35.5. The van der Waals surface area contributed by atoms with Gasteiger partial charge in [-0.2, -0.15) is 13.2 Å². The number of aliphatic carboxylic acids is 1. The van der Waals surface area contributed by atoms with Crippen LogP contribution in [0.1, 0.15) is 75.7 Å². The number of hydrogen-bond donors (Lipinski definition) is 2. The molecule has 0 aliphatic heterocycles. The van der Waals surface area contributed by atoms with Crippen LogP contribution in [-0.2, 0) is 4.79 Å². The van der Waals surface area contributed by atoms with E-state index in [0.29, 0.717) is 24.2 Å². The molecule has 2 unspecified atom stereocenters. The third kappa shape index (κ3) is 10.2. The molecular weight excluding hydrogens is 415 g/mol. The smallest absolute Gasteiger partial charge is 0.390 e. The second-order valence-electron chi connectivity index (χ2n) is 8.60. The van der Waals surface area contributed by atoms with Crippen molar-refractivity contribution in [3.8, 4) is 0 Å². The van der Waals surface area contributed by atoms with Gasteiger partial charge in [0.1, 0.15) is 0 Å². The summed E-state index contributed by atoms with van der Waals surface area (Å²) in [6.07, 6.45) is 4.77. The molecule has 7 heteroatoms. The van der Waals surface area contributed by atoms with E-state index in [4.69, 9.17) is 16.7 Å². The molecule has 0 saturated heterocycles. The molecule has 2 fully saturated rings. The molecule has 1 aromatic carbocycles. The van der Waals surface area contributed by atoms with Crippen molar-refractivity contribution >= 4 is 17.6 Å². The lowest BCUT2D eigenvalue weighted by Crippen LogP contribution is -2.26. The predicted molar refractivity (Wildman–Crippen MR) is 114 cm³/mol. The largest absolute Gasteiger partial charge is 0.481 e. The van der Waals surface area contributed by atoms with E-state index in [2.05, 4.69) is 17.4 Å². The van der Waals surface area contributed by atoms with Gasteiger partial charge in [-0.25, -0.2) is 0 Å². The first-order chi connectivity index (χ1) is 14.2. The first-order valence-electron chi connectivity index (χ1n) is 11.0. The Hall–Kier alpha value is -1.27. The third-order valence-corrected chi connectivity index (χ3v) is 6.33. The van der Waals surface area contributed by atoms with Crippen molar-refractivity contribution in [2.24, 2.45) is 11.8 Å². The Labute approximate surface area is 182 Å². The Balaban J connectivity index is 0.000000222. The maximum atomic E-state index is 11.7. The van der Waals surface area contributed by atoms with Crippen LogP contribution in [0.25, 0.3) is 0 Å². The van der Waals surface area contributed by atoms with Crippen molar-refractivity contribution < 1.29 is 23.1 Å². The topological polar surface area (TPSA) is 49.3 Å². The number of carboxylic acids is 1. The van der Waals surface area contributed by atoms with Crippen LogP contribution in [-0.4, -0.2) is 30.3 Å². The van der Waals surface area contributed by atoms with Crippen LogP contribution in [0.3, 0.4) is 0 Å². The molecule has 2 atom stereocenters. The fourth-order valence-electron chi connectivity index (χ4n) is 4.51. The van der Waals surface area contributed by atoms with Gasteiger partial charge in [0.05, 0.1) is 6.42 Å². The zero-order valence-electron chi connectivity index (χ0n) is 17.4. The number of halogens is 4. The van der Waals surface area contributed by atoms with Crippen molar-refractivity contribution in [1.82, 2.24) is 5.32 Å². The Morgan fingerprint density at radius 3 is 2.27 bits per heavy atom. The predicted octanol–water partition coefficient (Wildman–Crippen LogP) is 6.81. The Morgan fingerprint density at radius 1 is 1.03 bits per heavy atom. The van der Waals surface area contributed by atoms with E-state index in [1.807, 2.05) is 12.1 Å². The fraction of sp³-hybridized carbons (Fsp3) is 0.696. The van der Waals surface area contributed by atoms with Crippen LogP contribution in [0.15, 0.2) is 24.3 Å². The van der Waals surface area contributed by atoms with E-state index < -0.39 is 18.6 Å². The number of rotatable bonds is 7. The van der Waals surface area contributed by atoms with Crippen LogP contribution < -0.4 is 5.32 Å². The van der Waals surface area contributed by atoms with Crippen LogP contribution in [0.4, 0.5) is 13.2 Å². The van der Waals surface area contributed by atoms with Gasteiger partial charge in [-0.3, -0.25) is 4.79 Å². The van der Waals surface area contributed by atoms with Crippen molar-refractivity contribution in [3.05, 3.63) is 34.9 Å². The van der Waals surface area contributed by atoms with Gasteiger partial charge in [-0.05, 0) is 74.1 Å². The average Bonchev–Trinajstić information content (AvgIpc) is 3.19. The summed E-state index contributed by atoms with van der Waals surface area (Å²) < 4.78 is 35.1. The van der Waals surface area contributed by atoms with Gasteiger partial charge in [-0.1, -0.05) is 43.0 Å². The highest BCUT2D eigenvalue weighted by Crippen LogP contribution is 2.37. The summed E-state index contributed by atoms with van der Waals surface area (Å²) in [6, 6.07) is 7.96. The van der Waals surface area contributed by atoms with Gasteiger partial charge in [-0.15, -0.1) is 0 Å². The van der Waals surface area contributed by atoms with Gasteiger partial charge in [0.25, 0.3) is 0 Å². The molecule has 2 aliphatic rings. The molecular formula is C23H33ClF3NO2. The SMILES string of the molecule is FC(F)(F)CCNCC1CCCC1.O=C(O)CC1CCCC(c2ccc(Cl)cc2)C1. The summed E-state index contributed by atoms with van der Waals surface area (Å²) in [5.74, 6) is 0.785. The van der Waals surface area contributed by atoms with E-state index in [1.165, 1.54) is 31.2 Å². The molecule has 3 rings (SSSR count). The van der Waals surface area contributed by atoms with Gasteiger partial charge in [0.15, 0.2) is 0 Å². The van der Waals surface area contributed by atoms with Gasteiger partial charge in [0, 0.05) is 18.0 Å². The Kier molecular flexibility index (Phi) is 10.5. The number of carbonyl (C=O) groups is 1. The molecule has 3 nitrogen and oxygen atoms in total. The number of nitrogens with one attached hydrogen (secondary N) is 1. The molecule has 0 radical (unpaired) electrons. The molecule has 0 bridgehead atoms. The Bertz CT molecular complexity index is 630. The lowest BCUT2D eigenvalue weighted by Gasteiger charge is -2.28. The molecule has 0 aromatic heterocycles. The molecule has 0 amide bonds. The molecule has 1 aromatic rings. The molecule has 0 spiro atoms. The van der Waals surface area contributed by atoms with E-state index in [9.17, 15) is 18.0 Å². The molecule has 30 heavy (non-hydrogen) atoms. The van der Waals surface area contributed by atoms with Crippen molar-refractivity contribution in [1.29, 1.82) is 0 Å². The standard InChI is InChI=1S/C14H17ClO2.C9H16F3N/c15-13-6-4-11(5-7-13)12-3-1-2-10(8-12)9-14(16)17;10-9(11,12)5-6-13-7-8-3-1-2-4-8/h4-7,10,12H,1-3,8-9H2,(H,16,17);8,13H,1-7H2. The van der Waals surface area contributed by atoms with Gasteiger partial charge in [0.2, 0.25) is 0 Å². The van der Waals surface area contributed by atoms with Crippen molar-refractivity contribution in [3.63, 3.8) is 0 Å². The highest BCUT2D eigenvalue weighted by Gasteiger charge is 2.26. The molecule has 0 heterocycles. The summed E-state index contributed by atoms with van der Waals surface area (Å²) in [5.41, 5.74) is 1.30. The second kappa shape index (κ2) is 12.6. The van der Waals surface area contributed by atoms with Gasteiger partial charge >= 0.3 is 12.1 Å². The number of hydrogen-bond acceptors (Lipinski definition) is 2. The summed E-state index contributed by atoms with van der Waals surface area (Å²) in [6.45, 7) is 0.829. The van der Waals surface area contributed by atoms with Crippen LogP contribution in [0.5, 0.6) is 0 Å². The lowest BCUT2D eigenvalue weighted by molar-refractivity contribution is -0.138. The summed E-state index contributed by atoms with van der Waals surface area (Å²) in [5, 5.41) is 12.5. The van der Waals surface area contributed by atoms with E-state index in [0.717, 1.165) is 37.3 Å².